The monoisotopic (exact) mass is 271 g/mol. The minimum absolute atomic E-state index is 0.496. The summed E-state index contributed by atoms with van der Waals surface area (Å²) in [5, 5.41) is 0. The Kier molecular flexibility index (Phi) is 5.02. The summed E-state index contributed by atoms with van der Waals surface area (Å²) in [6.07, 6.45) is 4.24. The fourth-order valence-electron chi connectivity index (χ4n) is 2.87. The lowest BCUT2D eigenvalue weighted by Crippen LogP contribution is -2.42. The summed E-state index contributed by atoms with van der Waals surface area (Å²) >= 11 is 0. The van der Waals surface area contributed by atoms with Crippen LogP contribution in [-0.2, 0) is 6.42 Å². The summed E-state index contributed by atoms with van der Waals surface area (Å²) in [7, 11) is 1.71. The fourth-order valence-corrected chi connectivity index (χ4v) is 2.87. The summed E-state index contributed by atoms with van der Waals surface area (Å²) in [6, 6.07) is 8.92. The largest absolute Gasteiger partial charge is 0.497 e. The van der Waals surface area contributed by atoms with Crippen molar-refractivity contribution in [1.82, 2.24) is 4.90 Å². The van der Waals surface area contributed by atoms with Crippen molar-refractivity contribution >= 4 is 0 Å². The Labute approximate surface area is 122 Å². The van der Waals surface area contributed by atoms with E-state index >= 15 is 0 Å². The zero-order valence-corrected chi connectivity index (χ0v) is 12.9. The molecule has 2 heteroatoms. The molecule has 0 aliphatic carbocycles. The smallest absolute Gasteiger partial charge is 0.118 e. The molecule has 0 bridgehead atoms. The summed E-state index contributed by atoms with van der Waals surface area (Å²) in [5.41, 5.74) is 4.43. The van der Waals surface area contributed by atoms with Crippen molar-refractivity contribution in [3.8, 4) is 5.75 Å². The van der Waals surface area contributed by atoms with E-state index in [0.717, 1.165) is 25.3 Å². The average molecular weight is 271 g/mol. The molecule has 0 radical (unpaired) electrons. The van der Waals surface area contributed by atoms with Gasteiger partial charge in [0.05, 0.1) is 7.11 Å². The van der Waals surface area contributed by atoms with Gasteiger partial charge in [-0.05, 0) is 44.4 Å². The van der Waals surface area contributed by atoms with Gasteiger partial charge in [-0.25, -0.2) is 0 Å². The highest BCUT2D eigenvalue weighted by Gasteiger charge is 2.24. The molecule has 0 saturated carbocycles. The van der Waals surface area contributed by atoms with E-state index in [4.69, 9.17) is 4.74 Å². The maximum atomic E-state index is 5.22. The number of rotatable bonds is 5. The molecule has 2 nitrogen and oxygen atoms in total. The predicted octanol–water partition coefficient (Wildman–Crippen LogP) is 3.83. The molecular weight excluding hydrogens is 246 g/mol. The van der Waals surface area contributed by atoms with Crippen LogP contribution in [0.2, 0.25) is 0 Å². The van der Waals surface area contributed by atoms with Crippen LogP contribution in [0.4, 0.5) is 0 Å². The van der Waals surface area contributed by atoms with Gasteiger partial charge < -0.3 is 4.74 Å². The first-order valence-electron chi connectivity index (χ1n) is 7.29. The van der Waals surface area contributed by atoms with Gasteiger partial charge in [-0.3, -0.25) is 4.90 Å². The van der Waals surface area contributed by atoms with E-state index in [0.29, 0.717) is 6.04 Å². The van der Waals surface area contributed by atoms with Crippen LogP contribution in [-0.4, -0.2) is 31.1 Å². The fraction of sp³-hybridized carbons (Fsp3) is 0.444. The molecule has 1 heterocycles. The van der Waals surface area contributed by atoms with E-state index in [9.17, 15) is 0 Å². The van der Waals surface area contributed by atoms with Crippen LogP contribution < -0.4 is 4.74 Å². The molecule has 0 N–H and O–H groups in total. The zero-order chi connectivity index (χ0) is 14.5. The van der Waals surface area contributed by atoms with Crippen molar-refractivity contribution in [2.24, 2.45) is 0 Å². The number of hydrogen-bond donors (Lipinski definition) is 0. The van der Waals surface area contributed by atoms with Crippen LogP contribution in [0.15, 0.2) is 48.1 Å². The van der Waals surface area contributed by atoms with Crippen molar-refractivity contribution in [2.75, 3.05) is 20.2 Å². The Morgan fingerprint density at radius 1 is 1.30 bits per heavy atom. The molecule has 1 unspecified atom stereocenters. The van der Waals surface area contributed by atoms with Gasteiger partial charge in [-0.15, -0.1) is 6.58 Å². The Balaban J connectivity index is 2.17. The van der Waals surface area contributed by atoms with E-state index in [1.165, 1.54) is 17.6 Å². The van der Waals surface area contributed by atoms with Gasteiger partial charge in [0.1, 0.15) is 5.75 Å². The van der Waals surface area contributed by atoms with E-state index in [2.05, 4.69) is 37.5 Å². The lowest BCUT2D eigenvalue weighted by Gasteiger charge is -2.37. The normalized spacial score (nSPS) is 20.1. The summed E-state index contributed by atoms with van der Waals surface area (Å²) in [5.74, 6) is 0.920. The third-order valence-electron chi connectivity index (χ3n) is 4.34. The quantitative estimate of drug-likeness (QED) is 0.755. The molecule has 0 aromatic heterocycles. The molecule has 2 rings (SSSR count). The lowest BCUT2D eigenvalue weighted by molar-refractivity contribution is 0.229. The van der Waals surface area contributed by atoms with Gasteiger partial charge >= 0.3 is 0 Å². The number of benzene rings is 1. The number of nitrogens with zero attached hydrogens (tertiary/aromatic N) is 1. The number of hydrogen-bond acceptors (Lipinski definition) is 2. The second-order valence-electron chi connectivity index (χ2n) is 5.56. The van der Waals surface area contributed by atoms with Crippen molar-refractivity contribution in [3.05, 3.63) is 53.6 Å². The van der Waals surface area contributed by atoms with Gasteiger partial charge in [-0.1, -0.05) is 29.4 Å². The first kappa shape index (κ1) is 14.9. The average Bonchev–Trinajstić information content (AvgIpc) is 2.47. The van der Waals surface area contributed by atoms with Gasteiger partial charge in [0.2, 0.25) is 0 Å². The molecular formula is C18H25NO. The lowest BCUT2D eigenvalue weighted by atomic mass is 9.90. The second kappa shape index (κ2) is 6.76. The Morgan fingerprint density at radius 3 is 2.60 bits per heavy atom. The number of methoxy groups -OCH3 is 1. The molecule has 0 spiro atoms. The van der Waals surface area contributed by atoms with E-state index in [-0.39, 0.29) is 0 Å². The molecule has 1 aliphatic heterocycles. The van der Waals surface area contributed by atoms with E-state index in [1.807, 2.05) is 18.2 Å². The minimum Gasteiger partial charge on any atom is -0.497 e. The van der Waals surface area contributed by atoms with Crippen LogP contribution in [0.25, 0.3) is 0 Å². The standard InChI is InChI=1S/C18H25NO/c1-5-11-19-12-10-14(2)15(3)18(19)13-16-6-8-17(20-4)9-7-16/h5-9,18H,1,10-13H2,2-4H3. The zero-order valence-electron chi connectivity index (χ0n) is 12.9. The van der Waals surface area contributed by atoms with Crippen molar-refractivity contribution < 1.29 is 4.74 Å². The highest BCUT2D eigenvalue weighted by atomic mass is 16.5. The third-order valence-corrected chi connectivity index (χ3v) is 4.34. The first-order valence-corrected chi connectivity index (χ1v) is 7.29. The molecule has 0 fully saturated rings. The van der Waals surface area contributed by atoms with Gasteiger partial charge in [0.25, 0.3) is 0 Å². The summed E-state index contributed by atoms with van der Waals surface area (Å²) < 4.78 is 5.22. The highest BCUT2D eigenvalue weighted by Crippen LogP contribution is 2.26. The van der Waals surface area contributed by atoms with Crippen LogP contribution >= 0.6 is 0 Å². The molecule has 108 valence electrons. The molecule has 1 aliphatic rings. The molecule has 1 aromatic rings. The molecule has 0 amide bonds. The van der Waals surface area contributed by atoms with E-state index < -0.39 is 0 Å². The van der Waals surface area contributed by atoms with Gasteiger partial charge in [-0.2, -0.15) is 0 Å². The molecule has 1 atom stereocenters. The van der Waals surface area contributed by atoms with Crippen molar-refractivity contribution in [2.45, 2.75) is 32.7 Å². The second-order valence-corrected chi connectivity index (χ2v) is 5.56. The van der Waals surface area contributed by atoms with E-state index in [1.54, 1.807) is 12.7 Å². The third kappa shape index (κ3) is 3.31. The molecule has 1 aromatic carbocycles. The Bertz CT molecular complexity index is 487. The SMILES string of the molecule is C=CCN1CCC(C)=C(C)C1Cc1ccc(OC)cc1. The van der Waals surface area contributed by atoms with Gasteiger partial charge in [0.15, 0.2) is 0 Å². The molecule has 0 saturated heterocycles. The predicted molar refractivity (Wildman–Crippen MR) is 85.2 cm³/mol. The molecule has 20 heavy (non-hydrogen) atoms. The van der Waals surface area contributed by atoms with Crippen LogP contribution in [0.1, 0.15) is 25.8 Å². The highest BCUT2D eigenvalue weighted by molar-refractivity contribution is 5.30. The number of ether oxygens (including phenoxy) is 1. The van der Waals surface area contributed by atoms with Crippen molar-refractivity contribution in [3.63, 3.8) is 0 Å². The minimum atomic E-state index is 0.496. The maximum Gasteiger partial charge on any atom is 0.118 e. The maximum absolute atomic E-state index is 5.22. The van der Waals surface area contributed by atoms with Gasteiger partial charge in [0, 0.05) is 19.1 Å². The Hall–Kier alpha value is -1.54. The topological polar surface area (TPSA) is 12.5 Å². The van der Waals surface area contributed by atoms with Crippen LogP contribution in [0.5, 0.6) is 5.75 Å². The first-order chi connectivity index (χ1) is 9.65. The Morgan fingerprint density at radius 2 is 2.00 bits per heavy atom. The summed E-state index contributed by atoms with van der Waals surface area (Å²) in [4.78, 5) is 2.53. The van der Waals surface area contributed by atoms with Crippen molar-refractivity contribution in [1.29, 1.82) is 0 Å². The van der Waals surface area contributed by atoms with Crippen LogP contribution in [0, 0.1) is 0 Å². The summed E-state index contributed by atoms with van der Waals surface area (Å²) in [6.45, 7) is 10.5. The van der Waals surface area contributed by atoms with Crippen LogP contribution in [0.3, 0.4) is 0 Å².